The Bertz CT molecular complexity index is 511. The molecule has 1 unspecified atom stereocenters. The number of rotatable bonds is 4. The van der Waals surface area contributed by atoms with E-state index in [1.165, 1.54) is 7.11 Å². The molecule has 108 valence electrons. The molecule has 1 aromatic rings. The lowest BCUT2D eigenvalue weighted by Gasteiger charge is -2.20. The molecule has 0 amide bonds. The number of nitrogens with zero attached hydrogens (tertiary/aromatic N) is 1. The molecule has 1 heterocycles. The van der Waals surface area contributed by atoms with E-state index in [4.69, 9.17) is 0 Å². The molecule has 1 aliphatic rings. The third-order valence-electron chi connectivity index (χ3n) is 3.85. The largest absolute Gasteiger partial charge is 0.481 e. The predicted molar refractivity (Wildman–Crippen MR) is 73.4 cm³/mol. The van der Waals surface area contributed by atoms with Gasteiger partial charge in [-0.15, -0.1) is 0 Å². The van der Waals surface area contributed by atoms with E-state index < -0.39 is 11.4 Å². The Labute approximate surface area is 118 Å². The molecule has 0 bridgehead atoms. The quantitative estimate of drug-likeness (QED) is 0.850. The lowest BCUT2D eigenvalue weighted by Crippen LogP contribution is -2.31. The molecule has 0 aliphatic carbocycles. The summed E-state index contributed by atoms with van der Waals surface area (Å²) in [6, 6.07) is 7.21. The van der Waals surface area contributed by atoms with Crippen molar-refractivity contribution in [1.29, 1.82) is 0 Å². The van der Waals surface area contributed by atoms with Gasteiger partial charge in [0.1, 0.15) is 0 Å². The number of likely N-dealkylation sites (tertiary alicyclic amines) is 1. The summed E-state index contributed by atoms with van der Waals surface area (Å²) >= 11 is 0. The molecule has 5 nitrogen and oxygen atoms in total. The number of aliphatic carboxylic acids is 1. The Hall–Kier alpha value is -1.88. The first kappa shape index (κ1) is 14.5. The fourth-order valence-electron chi connectivity index (χ4n) is 2.49. The highest BCUT2D eigenvalue weighted by Crippen LogP contribution is 2.30. The molecule has 1 atom stereocenters. The Kier molecular flexibility index (Phi) is 4.09. The van der Waals surface area contributed by atoms with Gasteiger partial charge in [0.05, 0.1) is 18.1 Å². The Morgan fingerprint density at radius 1 is 1.35 bits per heavy atom. The number of methoxy groups -OCH3 is 1. The zero-order chi connectivity index (χ0) is 14.8. The standard InChI is InChI=1S/C15H19NO4/c1-15(14(18)19)7-8-16(10-15)9-11-3-5-12(6-4-11)13(17)20-2/h3-6H,7-10H2,1-2H3,(H,18,19). The molecular formula is C15H19NO4. The first-order valence-electron chi connectivity index (χ1n) is 6.57. The van der Waals surface area contributed by atoms with Crippen molar-refractivity contribution in [2.24, 2.45) is 5.41 Å². The number of ether oxygens (including phenoxy) is 1. The molecule has 1 saturated heterocycles. The molecule has 20 heavy (non-hydrogen) atoms. The Morgan fingerprint density at radius 3 is 2.50 bits per heavy atom. The van der Waals surface area contributed by atoms with E-state index in [-0.39, 0.29) is 5.97 Å². The minimum absolute atomic E-state index is 0.351. The van der Waals surface area contributed by atoms with Crippen LogP contribution in [-0.2, 0) is 16.1 Å². The van der Waals surface area contributed by atoms with Gasteiger partial charge < -0.3 is 9.84 Å². The van der Waals surface area contributed by atoms with Gasteiger partial charge in [0, 0.05) is 13.1 Å². The second-order valence-corrected chi connectivity index (χ2v) is 5.51. The molecule has 0 radical (unpaired) electrons. The van der Waals surface area contributed by atoms with Crippen LogP contribution in [0.4, 0.5) is 0 Å². The van der Waals surface area contributed by atoms with Gasteiger partial charge in [-0.2, -0.15) is 0 Å². The van der Waals surface area contributed by atoms with Crippen LogP contribution in [-0.4, -0.2) is 42.1 Å². The molecule has 0 spiro atoms. The number of carbonyl (C=O) groups excluding carboxylic acids is 1. The first-order valence-corrected chi connectivity index (χ1v) is 6.57. The SMILES string of the molecule is COC(=O)c1ccc(CN2CCC(C)(C(=O)O)C2)cc1. The van der Waals surface area contributed by atoms with Crippen molar-refractivity contribution in [2.45, 2.75) is 19.9 Å². The maximum Gasteiger partial charge on any atom is 0.337 e. The fourth-order valence-corrected chi connectivity index (χ4v) is 2.49. The van der Waals surface area contributed by atoms with Gasteiger partial charge in [-0.1, -0.05) is 12.1 Å². The zero-order valence-electron chi connectivity index (χ0n) is 11.8. The first-order chi connectivity index (χ1) is 9.44. The Morgan fingerprint density at radius 2 is 2.00 bits per heavy atom. The van der Waals surface area contributed by atoms with Gasteiger partial charge in [0.25, 0.3) is 0 Å². The van der Waals surface area contributed by atoms with Gasteiger partial charge in [-0.05, 0) is 37.6 Å². The average molecular weight is 277 g/mol. The van der Waals surface area contributed by atoms with E-state index in [2.05, 4.69) is 9.64 Å². The van der Waals surface area contributed by atoms with Crippen LogP contribution in [0.3, 0.4) is 0 Å². The molecule has 5 heteroatoms. The van der Waals surface area contributed by atoms with Crippen LogP contribution in [0.2, 0.25) is 0 Å². The summed E-state index contributed by atoms with van der Waals surface area (Å²) in [5.41, 5.74) is 0.937. The van der Waals surface area contributed by atoms with Crippen molar-refractivity contribution in [3.8, 4) is 0 Å². The van der Waals surface area contributed by atoms with Gasteiger partial charge in [0.15, 0.2) is 0 Å². The fraction of sp³-hybridized carbons (Fsp3) is 0.467. The summed E-state index contributed by atoms with van der Waals surface area (Å²) in [4.78, 5) is 24.7. The predicted octanol–water partition coefficient (Wildman–Crippen LogP) is 1.77. The number of hydrogen-bond acceptors (Lipinski definition) is 4. The number of benzene rings is 1. The van der Waals surface area contributed by atoms with E-state index in [1.54, 1.807) is 19.1 Å². The smallest absolute Gasteiger partial charge is 0.337 e. The Balaban J connectivity index is 1.98. The summed E-state index contributed by atoms with van der Waals surface area (Å²) in [6.07, 6.45) is 0.669. The highest BCUT2D eigenvalue weighted by atomic mass is 16.5. The van der Waals surface area contributed by atoms with Gasteiger partial charge in [-0.25, -0.2) is 4.79 Å². The van der Waals surface area contributed by atoms with E-state index in [1.807, 2.05) is 12.1 Å². The van der Waals surface area contributed by atoms with Crippen LogP contribution in [0.5, 0.6) is 0 Å². The number of esters is 1. The summed E-state index contributed by atoms with van der Waals surface area (Å²) < 4.78 is 4.65. The van der Waals surface area contributed by atoms with Crippen molar-refractivity contribution < 1.29 is 19.4 Å². The number of carboxylic acid groups (broad SMARTS) is 1. The topological polar surface area (TPSA) is 66.8 Å². The molecule has 1 fully saturated rings. The van der Waals surface area contributed by atoms with Crippen LogP contribution < -0.4 is 0 Å². The van der Waals surface area contributed by atoms with Gasteiger partial charge in [0.2, 0.25) is 0 Å². The summed E-state index contributed by atoms with van der Waals surface area (Å²) in [5, 5.41) is 9.20. The summed E-state index contributed by atoms with van der Waals surface area (Å²) in [5.74, 6) is -1.09. The molecule has 0 saturated carbocycles. The van der Waals surface area contributed by atoms with Crippen molar-refractivity contribution in [2.75, 3.05) is 20.2 Å². The summed E-state index contributed by atoms with van der Waals surface area (Å²) in [7, 11) is 1.35. The zero-order valence-corrected chi connectivity index (χ0v) is 11.8. The van der Waals surface area contributed by atoms with E-state index in [9.17, 15) is 14.7 Å². The minimum atomic E-state index is -0.735. The summed E-state index contributed by atoms with van der Waals surface area (Å²) in [6.45, 7) is 3.82. The van der Waals surface area contributed by atoms with Crippen LogP contribution in [0.15, 0.2) is 24.3 Å². The van der Waals surface area contributed by atoms with Gasteiger partial charge in [-0.3, -0.25) is 9.69 Å². The number of carboxylic acids is 1. The number of carbonyl (C=O) groups is 2. The van der Waals surface area contributed by atoms with Gasteiger partial charge >= 0.3 is 11.9 Å². The lowest BCUT2D eigenvalue weighted by molar-refractivity contribution is -0.147. The molecule has 1 N–H and O–H groups in total. The number of hydrogen-bond donors (Lipinski definition) is 1. The molecule has 2 rings (SSSR count). The van der Waals surface area contributed by atoms with E-state index in [0.29, 0.717) is 25.1 Å². The lowest BCUT2D eigenvalue weighted by atomic mass is 9.90. The highest BCUT2D eigenvalue weighted by molar-refractivity contribution is 5.89. The van der Waals surface area contributed by atoms with Crippen molar-refractivity contribution in [3.63, 3.8) is 0 Å². The normalized spacial score (nSPS) is 22.7. The molecule has 1 aromatic carbocycles. The maximum absolute atomic E-state index is 11.3. The van der Waals surface area contributed by atoms with Crippen molar-refractivity contribution >= 4 is 11.9 Å². The van der Waals surface area contributed by atoms with Crippen molar-refractivity contribution in [1.82, 2.24) is 4.90 Å². The molecule has 1 aliphatic heterocycles. The highest BCUT2D eigenvalue weighted by Gasteiger charge is 2.40. The molecule has 0 aromatic heterocycles. The van der Waals surface area contributed by atoms with Crippen LogP contribution >= 0.6 is 0 Å². The van der Waals surface area contributed by atoms with E-state index in [0.717, 1.165) is 12.1 Å². The monoisotopic (exact) mass is 277 g/mol. The maximum atomic E-state index is 11.3. The average Bonchev–Trinajstić information content (AvgIpc) is 2.82. The van der Waals surface area contributed by atoms with Crippen molar-refractivity contribution in [3.05, 3.63) is 35.4 Å². The second-order valence-electron chi connectivity index (χ2n) is 5.51. The van der Waals surface area contributed by atoms with Crippen LogP contribution in [0, 0.1) is 5.41 Å². The third-order valence-corrected chi connectivity index (χ3v) is 3.85. The van der Waals surface area contributed by atoms with Crippen LogP contribution in [0.25, 0.3) is 0 Å². The van der Waals surface area contributed by atoms with Crippen LogP contribution in [0.1, 0.15) is 29.3 Å². The molecular weight excluding hydrogens is 258 g/mol. The van der Waals surface area contributed by atoms with E-state index >= 15 is 0 Å². The second kappa shape index (κ2) is 5.63. The third kappa shape index (κ3) is 2.99. The minimum Gasteiger partial charge on any atom is -0.481 e.